The van der Waals surface area contributed by atoms with Crippen molar-refractivity contribution in [1.82, 2.24) is 26.0 Å². The fraction of sp³-hybridized carbons (Fsp3) is 0.714. The summed E-state index contributed by atoms with van der Waals surface area (Å²) in [5.41, 5.74) is 0.974. The van der Waals surface area contributed by atoms with E-state index < -0.39 is 0 Å². The highest BCUT2D eigenvalue weighted by atomic mass is 15.3. The van der Waals surface area contributed by atoms with E-state index in [1.165, 1.54) is 6.42 Å². The van der Waals surface area contributed by atoms with Gasteiger partial charge in [-0.1, -0.05) is 0 Å². The van der Waals surface area contributed by atoms with Crippen LogP contribution in [0.15, 0.2) is 6.20 Å². The Morgan fingerprint density at radius 2 is 2.67 bits per heavy atom. The molecule has 2 heterocycles. The molecule has 0 radical (unpaired) electrons. The first-order valence-electron chi connectivity index (χ1n) is 4.24. The van der Waals surface area contributed by atoms with E-state index in [0.29, 0.717) is 6.04 Å². The van der Waals surface area contributed by atoms with Gasteiger partial charge in [0.05, 0.1) is 11.9 Å². The number of hydrogen-bond donors (Lipinski definition) is 3. The van der Waals surface area contributed by atoms with Gasteiger partial charge in [0.15, 0.2) is 0 Å². The van der Waals surface area contributed by atoms with Gasteiger partial charge in [-0.15, -0.1) is 0 Å². The monoisotopic (exact) mass is 167 g/mol. The van der Waals surface area contributed by atoms with E-state index in [-0.39, 0.29) is 0 Å². The Kier molecular flexibility index (Phi) is 2.33. The number of aromatic amines is 1. The molecule has 0 spiro atoms. The lowest BCUT2D eigenvalue weighted by Crippen LogP contribution is -2.30. The van der Waals surface area contributed by atoms with Crippen molar-refractivity contribution in [2.45, 2.75) is 19.0 Å². The van der Waals surface area contributed by atoms with Gasteiger partial charge in [-0.2, -0.15) is 15.4 Å². The molecule has 1 aromatic rings. The summed E-state index contributed by atoms with van der Waals surface area (Å²) in [6.07, 6.45) is 2.95. The highest BCUT2D eigenvalue weighted by molar-refractivity contribution is 4.91. The van der Waals surface area contributed by atoms with Crippen LogP contribution in [0.2, 0.25) is 0 Å². The molecule has 1 aromatic heterocycles. The first-order chi connectivity index (χ1) is 5.95. The molecular formula is C7H13N5. The standard InChI is InChI=1S/C7H13N5/c1-2-8-3-6(1)9-4-7-5-10-12-11-7/h5-6,8-9H,1-4H2,(H,10,11,12). The minimum Gasteiger partial charge on any atom is -0.315 e. The van der Waals surface area contributed by atoms with Crippen molar-refractivity contribution in [2.24, 2.45) is 0 Å². The van der Waals surface area contributed by atoms with E-state index in [1.807, 2.05) is 0 Å². The van der Waals surface area contributed by atoms with Crippen LogP contribution in [0.5, 0.6) is 0 Å². The van der Waals surface area contributed by atoms with Crippen LogP contribution in [-0.4, -0.2) is 34.5 Å². The van der Waals surface area contributed by atoms with Crippen molar-refractivity contribution >= 4 is 0 Å². The second kappa shape index (κ2) is 3.64. The van der Waals surface area contributed by atoms with Gasteiger partial charge in [0.25, 0.3) is 0 Å². The maximum absolute atomic E-state index is 3.96. The molecule has 0 aromatic carbocycles. The Morgan fingerprint density at radius 1 is 1.67 bits per heavy atom. The number of hydrogen-bond acceptors (Lipinski definition) is 4. The zero-order valence-corrected chi connectivity index (χ0v) is 6.88. The third kappa shape index (κ3) is 1.80. The number of nitrogens with one attached hydrogen (secondary N) is 3. The minimum atomic E-state index is 0.599. The van der Waals surface area contributed by atoms with Crippen LogP contribution < -0.4 is 10.6 Å². The second-order valence-electron chi connectivity index (χ2n) is 3.03. The summed E-state index contributed by atoms with van der Waals surface area (Å²) in [6, 6.07) is 0.599. The third-order valence-electron chi connectivity index (χ3n) is 2.10. The largest absolute Gasteiger partial charge is 0.315 e. The normalized spacial score (nSPS) is 23.2. The Labute approximate surface area is 70.9 Å². The average molecular weight is 167 g/mol. The van der Waals surface area contributed by atoms with Gasteiger partial charge in [-0.05, 0) is 13.0 Å². The summed E-state index contributed by atoms with van der Waals surface area (Å²) in [4.78, 5) is 0. The third-order valence-corrected chi connectivity index (χ3v) is 2.10. The highest BCUT2D eigenvalue weighted by Gasteiger charge is 2.13. The second-order valence-corrected chi connectivity index (χ2v) is 3.03. The van der Waals surface area contributed by atoms with Gasteiger partial charge in [0, 0.05) is 19.1 Å². The van der Waals surface area contributed by atoms with E-state index in [4.69, 9.17) is 0 Å². The van der Waals surface area contributed by atoms with Gasteiger partial charge in [0.2, 0.25) is 0 Å². The van der Waals surface area contributed by atoms with Gasteiger partial charge >= 0.3 is 0 Å². The summed E-state index contributed by atoms with van der Waals surface area (Å²) in [6.45, 7) is 3.00. The maximum Gasteiger partial charge on any atom is 0.0962 e. The molecule has 0 amide bonds. The van der Waals surface area contributed by atoms with Crippen molar-refractivity contribution in [3.05, 3.63) is 11.9 Å². The fourth-order valence-corrected chi connectivity index (χ4v) is 1.39. The highest BCUT2D eigenvalue weighted by Crippen LogP contribution is 1.98. The van der Waals surface area contributed by atoms with Crippen LogP contribution in [0.25, 0.3) is 0 Å². The Balaban J connectivity index is 1.74. The van der Waals surface area contributed by atoms with Crippen molar-refractivity contribution in [3.63, 3.8) is 0 Å². The van der Waals surface area contributed by atoms with Crippen LogP contribution in [-0.2, 0) is 6.54 Å². The summed E-state index contributed by atoms with van der Waals surface area (Å²) in [7, 11) is 0. The summed E-state index contributed by atoms with van der Waals surface area (Å²) < 4.78 is 0. The molecule has 5 heteroatoms. The van der Waals surface area contributed by atoms with Gasteiger partial charge in [0.1, 0.15) is 0 Å². The Hall–Kier alpha value is -0.940. The predicted molar refractivity (Wildman–Crippen MR) is 44.5 cm³/mol. The van der Waals surface area contributed by atoms with E-state index in [1.54, 1.807) is 6.20 Å². The molecule has 0 saturated carbocycles. The van der Waals surface area contributed by atoms with E-state index in [2.05, 4.69) is 26.0 Å². The predicted octanol–water partition coefficient (Wildman–Crippen LogP) is -0.744. The van der Waals surface area contributed by atoms with E-state index in [9.17, 15) is 0 Å². The molecule has 1 aliphatic rings. The molecule has 12 heavy (non-hydrogen) atoms. The molecule has 2 rings (SSSR count). The summed E-state index contributed by atoms with van der Waals surface area (Å²) >= 11 is 0. The van der Waals surface area contributed by atoms with Crippen LogP contribution >= 0.6 is 0 Å². The van der Waals surface area contributed by atoms with Gasteiger partial charge in [-0.3, -0.25) is 0 Å². The SMILES string of the molecule is c1n[nH]nc1CNC1CCNC1. The van der Waals surface area contributed by atoms with E-state index in [0.717, 1.165) is 25.3 Å². The lowest BCUT2D eigenvalue weighted by molar-refractivity contribution is 0.541. The molecule has 5 nitrogen and oxygen atoms in total. The molecule has 1 saturated heterocycles. The van der Waals surface area contributed by atoms with Crippen LogP contribution in [0, 0.1) is 0 Å². The number of rotatable bonds is 3. The molecule has 3 N–H and O–H groups in total. The number of H-pyrrole nitrogens is 1. The zero-order valence-electron chi connectivity index (χ0n) is 6.88. The van der Waals surface area contributed by atoms with Crippen molar-refractivity contribution in [1.29, 1.82) is 0 Å². The quantitative estimate of drug-likeness (QED) is 0.554. The Morgan fingerprint density at radius 3 is 3.33 bits per heavy atom. The van der Waals surface area contributed by atoms with Gasteiger partial charge in [-0.25, -0.2) is 0 Å². The molecule has 1 aliphatic heterocycles. The number of nitrogens with zero attached hydrogens (tertiary/aromatic N) is 2. The first-order valence-corrected chi connectivity index (χ1v) is 4.24. The van der Waals surface area contributed by atoms with Crippen LogP contribution in [0.4, 0.5) is 0 Å². The lowest BCUT2D eigenvalue weighted by atomic mass is 10.2. The smallest absolute Gasteiger partial charge is 0.0962 e. The van der Waals surface area contributed by atoms with Crippen LogP contribution in [0.1, 0.15) is 12.1 Å². The molecule has 1 fully saturated rings. The Bertz CT molecular complexity index is 214. The molecule has 0 aliphatic carbocycles. The maximum atomic E-state index is 3.96. The molecule has 66 valence electrons. The van der Waals surface area contributed by atoms with Gasteiger partial charge < -0.3 is 10.6 Å². The van der Waals surface area contributed by atoms with Crippen molar-refractivity contribution < 1.29 is 0 Å². The molecular weight excluding hydrogens is 154 g/mol. The first kappa shape index (κ1) is 7.70. The van der Waals surface area contributed by atoms with Crippen molar-refractivity contribution in [2.75, 3.05) is 13.1 Å². The topological polar surface area (TPSA) is 65.6 Å². The minimum absolute atomic E-state index is 0.599. The molecule has 1 unspecified atom stereocenters. The van der Waals surface area contributed by atoms with E-state index >= 15 is 0 Å². The summed E-state index contributed by atoms with van der Waals surface area (Å²) in [5, 5.41) is 17.0. The average Bonchev–Trinajstić information content (AvgIpc) is 2.74. The summed E-state index contributed by atoms with van der Waals surface area (Å²) in [5.74, 6) is 0. The zero-order chi connectivity index (χ0) is 8.23. The molecule has 0 bridgehead atoms. The lowest BCUT2D eigenvalue weighted by Gasteiger charge is -2.08. The van der Waals surface area contributed by atoms with Crippen LogP contribution in [0.3, 0.4) is 0 Å². The molecule has 1 atom stereocenters. The number of aromatic nitrogens is 3. The fourth-order valence-electron chi connectivity index (χ4n) is 1.39. The van der Waals surface area contributed by atoms with Crippen molar-refractivity contribution in [3.8, 4) is 0 Å².